The Hall–Kier alpha value is -0.610. The minimum atomic E-state index is 0.520. The van der Waals surface area contributed by atoms with Gasteiger partial charge in [0.25, 0.3) is 0 Å². The maximum atomic E-state index is 4.92. The first-order valence-electron chi connectivity index (χ1n) is 8.09. The average Bonchev–Trinajstić information content (AvgIpc) is 2.79. The quantitative estimate of drug-likeness (QED) is 0.655. The number of hydrogen-bond donors (Lipinski definition) is 1. The first-order chi connectivity index (χ1) is 9.63. The molecule has 0 unspecified atom stereocenters. The standard InChI is InChI=1S/C16H31N3S/c1-6-9-14-15(12-17-10-7-2)20-16(18-14)19(11-8-3)13(4)5/h13,17H,6-12H2,1-5H3. The molecule has 0 amide bonds. The molecule has 0 saturated carbocycles. The molecule has 0 bridgehead atoms. The van der Waals surface area contributed by atoms with Crippen LogP contribution in [0, 0.1) is 0 Å². The van der Waals surface area contributed by atoms with E-state index in [1.807, 2.05) is 11.3 Å². The fourth-order valence-corrected chi connectivity index (χ4v) is 3.49. The number of nitrogens with zero attached hydrogens (tertiary/aromatic N) is 2. The highest BCUT2D eigenvalue weighted by Crippen LogP contribution is 2.28. The number of rotatable bonds is 10. The zero-order valence-electron chi connectivity index (χ0n) is 13.8. The molecular formula is C16H31N3S. The maximum Gasteiger partial charge on any atom is 0.186 e. The lowest BCUT2D eigenvalue weighted by Crippen LogP contribution is -2.31. The van der Waals surface area contributed by atoms with Crippen LogP contribution in [0.15, 0.2) is 0 Å². The van der Waals surface area contributed by atoms with E-state index in [0.717, 1.165) is 26.1 Å². The molecule has 0 aliphatic rings. The molecule has 0 aliphatic carbocycles. The number of anilines is 1. The van der Waals surface area contributed by atoms with E-state index in [2.05, 4.69) is 44.8 Å². The molecule has 0 saturated heterocycles. The molecule has 116 valence electrons. The SMILES string of the molecule is CCCNCc1sc(N(CCC)C(C)C)nc1CCC. The van der Waals surface area contributed by atoms with Crippen LogP contribution in [0.2, 0.25) is 0 Å². The second kappa shape index (κ2) is 9.35. The van der Waals surface area contributed by atoms with Gasteiger partial charge in [-0.25, -0.2) is 4.98 Å². The van der Waals surface area contributed by atoms with Crippen LogP contribution in [0.1, 0.15) is 64.5 Å². The summed E-state index contributed by atoms with van der Waals surface area (Å²) in [7, 11) is 0. The minimum Gasteiger partial charge on any atom is -0.346 e. The van der Waals surface area contributed by atoms with Crippen LogP contribution in [0.5, 0.6) is 0 Å². The molecule has 0 spiro atoms. The van der Waals surface area contributed by atoms with Crippen LogP contribution < -0.4 is 10.2 Å². The van der Waals surface area contributed by atoms with Crippen molar-refractivity contribution in [1.29, 1.82) is 0 Å². The Morgan fingerprint density at radius 1 is 1.15 bits per heavy atom. The van der Waals surface area contributed by atoms with E-state index in [1.54, 1.807) is 0 Å². The number of thiazole rings is 1. The van der Waals surface area contributed by atoms with Gasteiger partial charge in [-0.05, 0) is 39.7 Å². The summed E-state index contributed by atoms with van der Waals surface area (Å²) in [5.41, 5.74) is 1.30. The number of aromatic nitrogens is 1. The molecule has 0 aliphatic heterocycles. The molecule has 0 radical (unpaired) electrons. The second-order valence-corrected chi connectivity index (χ2v) is 6.64. The van der Waals surface area contributed by atoms with Gasteiger partial charge in [-0.1, -0.05) is 27.2 Å². The van der Waals surface area contributed by atoms with Crippen LogP contribution in [0.3, 0.4) is 0 Å². The van der Waals surface area contributed by atoms with Crippen LogP contribution in [0.4, 0.5) is 5.13 Å². The van der Waals surface area contributed by atoms with Crippen molar-refractivity contribution in [3.8, 4) is 0 Å². The summed E-state index contributed by atoms with van der Waals surface area (Å²) in [6.07, 6.45) is 4.62. The molecule has 1 aromatic heterocycles. The van der Waals surface area contributed by atoms with Gasteiger partial charge in [-0.3, -0.25) is 0 Å². The molecular weight excluding hydrogens is 266 g/mol. The molecule has 1 rings (SSSR count). The van der Waals surface area contributed by atoms with Crippen LogP contribution in [0.25, 0.3) is 0 Å². The third-order valence-electron chi connectivity index (χ3n) is 3.30. The van der Waals surface area contributed by atoms with Crippen molar-refractivity contribution in [1.82, 2.24) is 10.3 Å². The van der Waals surface area contributed by atoms with E-state index in [4.69, 9.17) is 4.98 Å². The monoisotopic (exact) mass is 297 g/mol. The first kappa shape index (κ1) is 17.4. The second-order valence-electron chi connectivity index (χ2n) is 5.58. The molecule has 0 aromatic carbocycles. The Kier molecular flexibility index (Phi) is 8.15. The van der Waals surface area contributed by atoms with Crippen molar-refractivity contribution >= 4 is 16.5 Å². The summed E-state index contributed by atoms with van der Waals surface area (Å²) in [6.45, 7) is 14.3. The van der Waals surface area contributed by atoms with Crippen LogP contribution in [-0.4, -0.2) is 24.1 Å². The summed E-state index contributed by atoms with van der Waals surface area (Å²) in [4.78, 5) is 8.79. The Balaban J connectivity index is 2.87. The Labute approximate surface area is 128 Å². The van der Waals surface area contributed by atoms with Gasteiger partial charge in [0.2, 0.25) is 0 Å². The third kappa shape index (κ3) is 5.06. The number of aryl methyl sites for hydroxylation is 1. The first-order valence-corrected chi connectivity index (χ1v) is 8.91. The van der Waals surface area contributed by atoms with Crippen molar-refractivity contribution in [3.63, 3.8) is 0 Å². The lowest BCUT2D eigenvalue weighted by Gasteiger charge is -2.25. The van der Waals surface area contributed by atoms with Crippen LogP contribution in [-0.2, 0) is 13.0 Å². The van der Waals surface area contributed by atoms with E-state index in [1.165, 1.54) is 35.0 Å². The van der Waals surface area contributed by atoms with E-state index >= 15 is 0 Å². The van der Waals surface area contributed by atoms with Gasteiger partial charge < -0.3 is 10.2 Å². The molecule has 3 nitrogen and oxygen atoms in total. The molecule has 4 heteroatoms. The summed E-state index contributed by atoms with van der Waals surface area (Å²) in [6, 6.07) is 0.520. The van der Waals surface area contributed by atoms with E-state index in [9.17, 15) is 0 Å². The highest BCUT2D eigenvalue weighted by Gasteiger charge is 2.17. The fourth-order valence-electron chi connectivity index (χ4n) is 2.26. The van der Waals surface area contributed by atoms with E-state index in [-0.39, 0.29) is 0 Å². The largest absolute Gasteiger partial charge is 0.346 e. The third-order valence-corrected chi connectivity index (χ3v) is 4.43. The number of nitrogens with one attached hydrogen (secondary N) is 1. The topological polar surface area (TPSA) is 28.2 Å². The summed E-state index contributed by atoms with van der Waals surface area (Å²) >= 11 is 1.88. The van der Waals surface area contributed by atoms with Gasteiger partial charge in [-0.2, -0.15) is 0 Å². The van der Waals surface area contributed by atoms with Crippen molar-refractivity contribution in [2.24, 2.45) is 0 Å². The fraction of sp³-hybridized carbons (Fsp3) is 0.812. The normalized spacial score (nSPS) is 11.3. The molecule has 20 heavy (non-hydrogen) atoms. The van der Waals surface area contributed by atoms with Gasteiger partial charge in [0.15, 0.2) is 5.13 Å². The number of hydrogen-bond acceptors (Lipinski definition) is 4. The molecule has 1 N–H and O–H groups in total. The van der Waals surface area contributed by atoms with Crippen LogP contribution >= 0.6 is 11.3 Å². The van der Waals surface area contributed by atoms with Gasteiger partial charge in [0.05, 0.1) is 5.69 Å². The highest BCUT2D eigenvalue weighted by molar-refractivity contribution is 7.15. The Morgan fingerprint density at radius 2 is 1.90 bits per heavy atom. The zero-order chi connectivity index (χ0) is 15.0. The predicted molar refractivity (Wildman–Crippen MR) is 90.9 cm³/mol. The van der Waals surface area contributed by atoms with Crippen molar-refractivity contribution in [2.45, 2.75) is 72.9 Å². The summed E-state index contributed by atoms with van der Waals surface area (Å²) in [5, 5.41) is 4.72. The summed E-state index contributed by atoms with van der Waals surface area (Å²) in [5.74, 6) is 0. The average molecular weight is 298 g/mol. The maximum absolute atomic E-state index is 4.92. The Bertz CT molecular complexity index is 374. The smallest absolute Gasteiger partial charge is 0.186 e. The summed E-state index contributed by atoms with van der Waals surface area (Å²) < 4.78 is 0. The molecule has 1 aromatic rings. The highest BCUT2D eigenvalue weighted by atomic mass is 32.1. The molecule has 1 heterocycles. The van der Waals surface area contributed by atoms with Gasteiger partial charge >= 0.3 is 0 Å². The van der Waals surface area contributed by atoms with Crippen molar-refractivity contribution < 1.29 is 0 Å². The Morgan fingerprint density at radius 3 is 2.45 bits per heavy atom. The zero-order valence-corrected chi connectivity index (χ0v) is 14.6. The predicted octanol–water partition coefficient (Wildman–Crippen LogP) is 4.22. The van der Waals surface area contributed by atoms with Gasteiger partial charge in [-0.15, -0.1) is 11.3 Å². The van der Waals surface area contributed by atoms with E-state index in [0.29, 0.717) is 6.04 Å². The van der Waals surface area contributed by atoms with Gasteiger partial charge in [0.1, 0.15) is 0 Å². The van der Waals surface area contributed by atoms with Crippen molar-refractivity contribution in [2.75, 3.05) is 18.0 Å². The molecule has 0 atom stereocenters. The van der Waals surface area contributed by atoms with Crippen molar-refractivity contribution in [3.05, 3.63) is 10.6 Å². The van der Waals surface area contributed by atoms with E-state index < -0.39 is 0 Å². The lowest BCUT2D eigenvalue weighted by molar-refractivity contribution is 0.665. The lowest BCUT2D eigenvalue weighted by atomic mass is 10.2. The minimum absolute atomic E-state index is 0.520. The van der Waals surface area contributed by atoms with Gasteiger partial charge in [0, 0.05) is 24.0 Å². The molecule has 0 fully saturated rings.